The summed E-state index contributed by atoms with van der Waals surface area (Å²) in [6.45, 7) is 3.16. The van der Waals surface area contributed by atoms with E-state index in [-0.39, 0.29) is 6.61 Å². The second-order valence-electron chi connectivity index (χ2n) is 12.1. The number of ether oxygens (including phenoxy) is 1. The molecule has 1 amide bonds. The van der Waals surface area contributed by atoms with Crippen LogP contribution in [0.4, 0.5) is 13.2 Å². The predicted molar refractivity (Wildman–Crippen MR) is 183 cm³/mol. The van der Waals surface area contributed by atoms with Crippen molar-refractivity contribution in [3.63, 3.8) is 0 Å². The second-order valence-corrected chi connectivity index (χ2v) is 18.9. The summed E-state index contributed by atoms with van der Waals surface area (Å²) < 4.78 is 76.5. The Hall–Kier alpha value is -4.35. The number of esters is 1. The van der Waals surface area contributed by atoms with Gasteiger partial charge in [-0.15, -0.1) is 17.3 Å². The number of nitrogens with zero attached hydrogens (tertiary/aromatic N) is 1. The minimum absolute atomic E-state index is 0.104. The van der Waals surface area contributed by atoms with Gasteiger partial charge in [0.25, 0.3) is 11.5 Å². The van der Waals surface area contributed by atoms with Gasteiger partial charge in [-0.2, -0.15) is 21.6 Å². The van der Waals surface area contributed by atoms with E-state index in [9.17, 15) is 31.2 Å². The van der Waals surface area contributed by atoms with Crippen molar-refractivity contribution >= 4 is 57.4 Å². The average molecular weight is 722 g/mol. The lowest BCUT2D eigenvalue weighted by Crippen LogP contribution is -2.75. The largest absolute Gasteiger partial charge is 0.523 e. The maximum atomic E-state index is 14.2. The Bertz CT molecular complexity index is 1930. The van der Waals surface area contributed by atoms with Gasteiger partial charge >= 0.3 is 21.6 Å². The Kier molecular flexibility index (Phi) is 9.04. The summed E-state index contributed by atoms with van der Waals surface area (Å²) >= 11 is 0.936. The number of alkyl halides is 3. The lowest BCUT2D eigenvalue weighted by Gasteiger charge is -2.49. The topological polar surface area (TPSA) is 90.0 Å². The van der Waals surface area contributed by atoms with Crippen LogP contribution >= 0.6 is 11.8 Å². The van der Waals surface area contributed by atoms with Gasteiger partial charge in [-0.25, -0.2) is 8.98 Å². The first-order valence-electron chi connectivity index (χ1n) is 15.2. The molecule has 0 N–H and O–H groups in total. The lowest BCUT2D eigenvalue weighted by molar-refractivity contribution is -0.178. The van der Waals surface area contributed by atoms with Gasteiger partial charge in [0.05, 0.1) is 0 Å². The van der Waals surface area contributed by atoms with Crippen LogP contribution < -0.4 is 15.6 Å². The smallest absolute Gasteiger partial charge is 0.459 e. The number of benzene rings is 4. The number of hydrogen-bond acceptors (Lipinski definition) is 7. The molecule has 2 aliphatic heterocycles. The molecule has 0 aliphatic carbocycles. The monoisotopic (exact) mass is 721 g/mol. The number of carbonyl (C=O) groups is 2. The standard InChI is InChI=1S/C36H30F3NO6S2Si/c1-34(2)30(31(41)45-25-26-15-7-3-8-16-26)40-32(42)35(33(40)47-34,46-48(43,44)36(37,38)39)23-24-49(27-17-9-4-10-18-27,28-19-11-5-12-20-28)29-21-13-6-14-22-29/h3-22,30,33H,25H2,1-2H3/t30-,33+,35+/m0/s1. The molecule has 3 atom stereocenters. The minimum Gasteiger partial charge on any atom is -0.459 e. The SMILES string of the molecule is CC1(C)S[C@H]2N(C(=O)[C@@]2(C#C[Si](c2ccccc2)(c2ccccc2)c2ccccc2)OS(=O)(=O)C(F)(F)F)[C@H]1C(=O)OCc1ccccc1. The number of fused-ring (bicyclic) bond motifs is 1. The van der Waals surface area contributed by atoms with Gasteiger partial charge in [-0.3, -0.25) is 4.79 Å². The highest BCUT2D eigenvalue weighted by Crippen LogP contribution is 2.57. The zero-order valence-electron chi connectivity index (χ0n) is 26.3. The molecule has 0 radical (unpaired) electrons. The van der Waals surface area contributed by atoms with Crippen LogP contribution in [0, 0.1) is 11.5 Å². The molecule has 7 nitrogen and oxygen atoms in total. The fourth-order valence-corrected chi connectivity index (χ4v) is 12.4. The van der Waals surface area contributed by atoms with Crippen LogP contribution in [-0.4, -0.2) is 60.5 Å². The van der Waals surface area contributed by atoms with Crippen molar-refractivity contribution in [3.8, 4) is 11.5 Å². The third kappa shape index (κ3) is 6.07. The molecule has 2 heterocycles. The van der Waals surface area contributed by atoms with E-state index in [4.69, 9.17) is 8.92 Å². The molecule has 4 aromatic carbocycles. The number of thioether (sulfide) groups is 1. The third-order valence-electron chi connectivity index (χ3n) is 8.53. The molecule has 252 valence electrons. The minimum atomic E-state index is -6.33. The molecular formula is C36H30F3NO6S2Si. The number of rotatable bonds is 8. The molecule has 0 aromatic heterocycles. The van der Waals surface area contributed by atoms with Crippen LogP contribution in [0.25, 0.3) is 0 Å². The summed E-state index contributed by atoms with van der Waals surface area (Å²) in [5, 5.41) is 0.861. The number of amides is 1. The zero-order chi connectivity index (χ0) is 35.1. The Morgan fingerprint density at radius 2 is 1.29 bits per heavy atom. The normalized spacial score (nSPS) is 21.6. The van der Waals surface area contributed by atoms with E-state index in [2.05, 4.69) is 11.5 Å². The fourth-order valence-electron chi connectivity index (χ4n) is 6.22. The lowest BCUT2D eigenvalue weighted by atomic mass is 9.88. The van der Waals surface area contributed by atoms with Gasteiger partial charge in [0.15, 0.2) is 0 Å². The van der Waals surface area contributed by atoms with Crippen LogP contribution in [-0.2, 0) is 35.2 Å². The molecule has 2 fully saturated rings. The number of hydrogen-bond donors (Lipinski definition) is 0. The molecule has 0 saturated carbocycles. The maximum absolute atomic E-state index is 14.2. The van der Waals surface area contributed by atoms with E-state index in [0.29, 0.717) is 5.56 Å². The number of carbonyl (C=O) groups excluding carboxylic acids is 2. The predicted octanol–water partition coefficient (Wildman–Crippen LogP) is 4.11. The molecule has 49 heavy (non-hydrogen) atoms. The molecule has 0 spiro atoms. The number of β-lactam (4-membered cyclic amide) rings is 1. The summed E-state index contributed by atoms with van der Waals surface area (Å²) in [6, 6.07) is 35.0. The first-order chi connectivity index (χ1) is 23.2. The summed E-state index contributed by atoms with van der Waals surface area (Å²) in [6.07, 6.45) is 0. The van der Waals surface area contributed by atoms with E-state index < -0.39 is 57.3 Å². The summed E-state index contributed by atoms with van der Waals surface area (Å²) in [4.78, 5) is 28.8. The molecular weight excluding hydrogens is 692 g/mol. The highest BCUT2D eigenvalue weighted by atomic mass is 32.2. The van der Waals surface area contributed by atoms with E-state index >= 15 is 0 Å². The van der Waals surface area contributed by atoms with Crippen molar-refractivity contribution in [2.75, 3.05) is 0 Å². The maximum Gasteiger partial charge on any atom is 0.523 e. The Balaban J connectivity index is 1.51. The molecule has 0 unspecified atom stereocenters. The molecule has 0 bridgehead atoms. The molecule has 2 saturated heterocycles. The van der Waals surface area contributed by atoms with Crippen molar-refractivity contribution in [3.05, 3.63) is 127 Å². The van der Waals surface area contributed by atoms with Gasteiger partial charge in [-0.1, -0.05) is 127 Å². The van der Waals surface area contributed by atoms with Crippen LogP contribution in [0.1, 0.15) is 19.4 Å². The van der Waals surface area contributed by atoms with E-state index in [1.807, 2.05) is 91.0 Å². The van der Waals surface area contributed by atoms with Gasteiger partial charge in [-0.05, 0) is 35.0 Å². The van der Waals surface area contributed by atoms with Crippen molar-refractivity contribution in [2.24, 2.45) is 0 Å². The number of halogens is 3. The quantitative estimate of drug-likeness (QED) is 0.0515. The Labute approximate surface area is 287 Å². The third-order valence-corrected chi connectivity index (χ3v) is 15.3. The average Bonchev–Trinajstić information content (AvgIpc) is 3.37. The summed E-state index contributed by atoms with van der Waals surface area (Å²) in [5.74, 6) is 0.756. The first kappa shape index (κ1) is 34.5. The van der Waals surface area contributed by atoms with E-state index in [0.717, 1.165) is 32.2 Å². The Morgan fingerprint density at radius 3 is 1.73 bits per heavy atom. The van der Waals surface area contributed by atoms with Gasteiger partial charge in [0.1, 0.15) is 18.0 Å². The van der Waals surface area contributed by atoms with Gasteiger partial charge < -0.3 is 9.64 Å². The second kappa shape index (κ2) is 12.8. The fraction of sp³-hybridized carbons (Fsp3) is 0.222. The van der Waals surface area contributed by atoms with Crippen LogP contribution in [0.5, 0.6) is 0 Å². The molecule has 6 rings (SSSR count). The van der Waals surface area contributed by atoms with Crippen molar-refractivity contribution in [1.29, 1.82) is 0 Å². The molecule has 4 aromatic rings. The van der Waals surface area contributed by atoms with Crippen LogP contribution in [0.3, 0.4) is 0 Å². The summed E-state index contributed by atoms with van der Waals surface area (Å²) in [5.41, 5.74) is -4.73. The van der Waals surface area contributed by atoms with Crippen molar-refractivity contribution in [1.82, 2.24) is 4.90 Å². The highest BCUT2D eigenvalue weighted by Gasteiger charge is 2.75. The molecule has 13 heteroatoms. The highest BCUT2D eigenvalue weighted by molar-refractivity contribution is 8.01. The van der Waals surface area contributed by atoms with Crippen LogP contribution in [0.2, 0.25) is 0 Å². The van der Waals surface area contributed by atoms with Crippen molar-refractivity contribution < 1.29 is 40.1 Å². The van der Waals surface area contributed by atoms with Gasteiger partial charge in [0.2, 0.25) is 8.07 Å². The Morgan fingerprint density at radius 1 is 0.837 bits per heavy atom. The summed E-state index contributed by atoms with van der Waals surface area (Å²) in [7, 11) is -9.86. The van der Waals surface area contributed by atoms with E-state index in [1.165, 1.54) is 0 Å². The van der Waals surface area contributed by atoms with Crippen molar-refractivity contribution in [2.45, 2.75) is 47.7 Å². The van der Waals surface area contributed by atoms with Gasteiger partial charge in [0, 0.05) is 4.75 Å². The first-order valence-corrected chi connectivity index (χ1v) is 19.5. The van der Waals surface area contributed by atoms with E-state index in [1.54, 1.807) is 44.2 Å². The zero-order valence-corrected chi connectivity index (χ0v) is 28.9. The van der Waals surface area contributed by atoms with Crippen LogP contribution in [0.15, 0.2) is 121 Å². The molecule has 2 aliphatic rings.